The molecule has 0 bridgehead atoms. The van der Waals surface area contributed by atoms with Crippen LogP contribution in [0.2, 0.25) is 0 Å². The number of esters is 1. The number of carboxylic acids is 1. The number of aryl methyl sites for hydroxylation is 1. The maximum absolute atomic E-state index is 11.8. The number of methoxy groups -OCH3 is 1. The zero-order valence-corrected chi connectivity index (χ0v) is 12.6. The van der Waals surface area contributed by atoms with Crippen molar-refractivity contribution in [3.05, 3.63) is 29.3 Å². The molecular weight excluding hydrogens is 298 g/mol. The van der Waals surface area contributed by atoms with Crippen molar-refractivity contribution in [3.63, 3.8) is 0 Å². The van der Waals surface area contributed by atoms with Crippen molar-refractivity contribution in [2.75, 3.05) is 17.6 Å². The van der Waals surface area contributed by atoms with E-state index in [-0.39, 0.29) is 29.8 Å². The Morgan fingerprint density at radius 2 is 2.00 bits per heavy atom. The van der Waals surface area contributed by atoms with Crippen LogP contribution in [-0.2, 0) is 19.6 Å². The lowest BCUT2D eigenvalue weighted by molar-refractivity contribution is -0.140. The van der Waals surface area contributed by atoms with Crippen molar-refractivity contribution in [1.82, 2.24) is 0 Å². The molecule has 0 unspecified atom stereocenters. The molecule has 0 saturated heterocycles. The van der Waals surface area contributed by atoms with Gasteiger partial charge in [-0.2, -0.15) is 0 Å². The first-order chi connectivity index (χ1) is 9.75. The van der Waals surface area contributed by atoms with E-state index in [1.807, 2.05) is 0 Å². The Balaban J connectivity index is 2.73. The van der Waals surface area contributed by atoms with Gasteiger partial charge in [-0.15, -0.1) is 0 Å². The van der Waals surface area contributed by atoms with Crippen LogP contribution in [0.1, 0.15) is 28.8 Å². The SMILES string of the molecule is COC(=O)CCCS(=O)(=O)Nc1ccc(C)c(C(=O)O)c1. The highest BCUT2D eigenvalue weighted by Gasteiger charge is 2.14. The molecule has 0 atom stereocenters. The van der Waals surface area contributed by atoms with Gasteiger partial charge in [0.25, 0.3) is 0 Å². The number of carboxylic acid groups (broad SMARTS) is 1. The quantitative estimate of drug-likeness (QED) is 0.736. The average Bonchev–Trinajstić information content (AvgIpc) is 2.39. The maximum atomic E-state index is 11.8. The number of hydrogen-bond donors (Lipinski definition) is 2. The van der Waals surface area contributed by atoms with Crippen LogP contribution in [0.5, 0.6) is 0 Å². The number of rotatable bonds is 7. The van der Waals surface area contributed by atoms with E-state index >= 15 is 0 Å². The lowest BCUT2D eigenvalue weighted by Gasteiger charge is -2.09. The summed E-state index contributed by atoms with van der Waals surface area (Å²) in [6, 6.07) is 4.27. The van der Waals surface area contributed by atoms with E-state index in [4.69, 9.17) is 5.11 Å². The molecule has 0 aliphatic rings. The third kappa shape index (κ3) is 5.42. The second-order valence-corrected chi connectivity index (χ2v) is 6.28. The molecular formula is C13H17NO6S. The number of ether oxygens (including phenoxy) is 1. The number of aromatic carboxylic acids is 1. The summed E-state index contributed by atoms with van der Waals surface area (Å²) in [5.41, 5.74) is 0.747. The van der Waals surface area contributed by atoms with Crippen molar-refractivity contribution >= 4 is 27.6 Å². The van der Waals surface area contributed by atoms with Crippen molar-refractivity contribution in [2.24, 2.45) is 0 Å². The van der Waals surface area contributed by atoms with Crippen molar-refractivity contribution in [3.8, 4) is 0 Å². The Kier molecular flexibility index (Phi) is 5.71. The van der Waals surface area contributed by atoms with Gasteiger partial charge in [0.05, 0.1) is 18.4 Å². The summed E-state index contributed by atoms with van der Waals surface area (Å²) in [7, 11) is -2.41. The van der Waals surface area contributed by atoms with E-state index in [9.17, 15) is 18.0 Å². The largest absolute Gasteiger partial charge is 0.478 e. The van der Waals surface area contributed by atoms with Crippen LogP contribution in [0.3, 0.4) is 0 Å². The molecule has 0 fully saturated rings. The third-order valence-corrected chi connectivity index (χ3v) is 4.14. The van der Waals surface area contributed by atoms with E-state index in [1.165, 1.54) is 25.3 Å². The van der Waals surface area contributed by atoms with Crippen molar-refractivity contribution in [2.45, 2.75) is 19.8 Å². The Labute approximate surface area is 123 Å². The van der Waals surface area contributed by atoms with Gasteiger partial charge in [-0.05, 0) is 31.0 Å². The van der Waals surface area contributed by atoms with Gasteiger partial charge in [-0.1, -0.05) is 6.07 Å². The predicted molar refractivity (Wildman–Crippen MR) is 76.8 cm³/mol. The molecule has 0 aliphatic carbocycles. The van der Waals surface area contributed by atoms with Crippen molar-refractivity contribution < 1.29 is 27.9 Å². The summed E-state index contributed by atoms with van der Waals surface area (Å²) in [6.45, 7) is 1.62. The van der Waals surface area contributed by atoms with E-state index in [0.29, 0.717) is 5.56 Å². The molecule has 0 heterocycles. The molecule has 8 heteroatoms. The summed E-state index contributed by atoms with van der Waals surface area (Å²) in [4.78, 5) is 21.9. The smallest absolute Gasteiger partial charge is 0.336 e. The zero-order chi connectivity index (χ0) is 16.0. The third-order valence-electron chi connectivity index (χ3n) is 2.76. The Bertz CT molecular complexity index is 638. The number of carbonyl (C=O) groups is 2. The zero-order valence-electron chi connectivity index (χ0n) is 11.8. The standard InChI is InChI=1S/C13H17NO6S/c1-9-5-6-10(8-11(9)13(16)17)14-21(18,19)7-3-4-12(15)20-2/h5-6,8,14H,3-4,7H2,1-2H3,(H,16,17). The second kappa shape index (κ2) is 7.07. The number of nitrogens with one attached hydrogen (secondary N) is 1. The molecule has 0 aliphatic heterocycles. The Morgan fingerprint density at radius 3 is 2.57 bits per heavy atom. The topological polar surface area (TPSA) is 110 Å². The minimum Gasteiger partial charge on any atom is -0.478 e. The first kappa shape index (κ1) is 17.0. The van der Waals surface area contributed by atoms with E-state index in [1.54, 1.807) is 6.92 Å². The maximum Gasteiger partial charge on any atom is 0.336 e. The highest BCUT2D eigenvalue weighted by atomic mass is 32.2. The van der Waals surface area contributed by atoms with Crippen LogP contribution in [0.4, 0.5) is 5.69 Å². The second-order valence-electron chi connectivity index (χ2n) is 4.44. The van der Waals surface area contributed by atoms with Gasteiger partial charge < -0.3 is 9.84 Å². The summed E-state index contributed by atoms with van der Waals surface area (Å²) in [5, 5.41) is 8.99. The molecule has 0 amide bonds. The molecule has 1 rings (SSSR count). The van der Waals surface area contributed by atoms with E-state index in [2.05, 4.69) is 9.46 Å². The molecule has 1 aromatic carbocycles. The fourth-order valence-electron chi connectivity index (χ4n) is 1.66. The highest BCUT2D eigenvalue weighted by Crippen LogP contribution is 2.17. The summed E-state index contributed by atoms with van der Waals surface area (Å²) >= 11 is 0. The fourth-order valence-corrected chi connectivity index (χ4v) is 2.77. The molecule has 7 nitrogen and oxygen atoms in total. The molecule has 116 valence electrons. The monoisotopic (exact) mass is 315 g/mol. The first-order valence-corrected chi connectivity index (χ1v) is 7.81. The molecule has 2 N–H and O–H groups in total. The summed E-state index contributed by atoms with van der Waals surface area (Å²) in [5.74, 6) is -1.86. The summed E-state index contributed by atoms with van der Waals surface area (Å²) in [6.07, 6.45) is 0.130. The molecule has 21 heavy (non-hydrogen) atoms. The fraction of sp³-hybridized carbons (Fsp3) is 0.385. The van der Waals surface area contributed by atoms with Gasteiger partial charge in [0, 0.05) is 12.1 Å². The number of anilines is 1. The molecule has 0 spiro atoms. The van der Waals surface area contributed by atoms with Gasteiger partial charge in [0.15, 0.2) is 0 Å². The molecule has 0 saturated carbocycles. The summed E-state index contributed by atoms with van der Waals surface area (Å²) < 4.78 is 30.4. The van der Waals surface area contributed by atoms with Crippen LogP contribution in [0.25, 0.3) is 0 Å². The Hall–Kier alpha value is -2.09. The van der Waals surface area contributed by atoms with Crippen LogP contribution < -0.4 is 4.72 Å². The van der Waals surface area contributed by atoms with Gasteiger partial charge in [-0.25, -0.2) is 13.2 Å². The number of hydrogen-bond acceptors (Lipinski definition) is 5. The number of carbonyl (C=O) groups excluding carboxylic acids is 1. The predicted octanol–water partition coefficient (Wildman–Crippen LogP) is 1.39. The molecule has 0 radical (unpaired) electrons. The van der Waals surface area contributed by atoms with Crippen LogP contribution >= 0.6 is 0 Å². The lowest BCUT2D eigenvalue weighted by Crippen LogP contribution is -2.18. The van der Waals surface area contributed by atoms with E-state index in [0.717, 1.165) is 0 Å². The van der Waals surface area contributed by atoms with Crippen LogP contribution in [0.15, 0.2) is 18.2 Å². The van der Waals surface area contributed by atoms with Gasteiger partial charge >= 0.3 is 11.9 Å². The van der Waals surface area contributed by atoms with Crippen LogP contribution in [-0.4, -0.2) is 38.3 Å². The number of sulfonamides is 1. The molecule has 1 aromatic rings. The first-order valence-electron chi connectivity index (χ1n) is 6.16. The van der Waals surface area contributed by atoms with Crippen molar-refractivity contribution in [1.29, 1.82) is 0 Å². The van der Waals surface area contributed by atoms with Crippen LogP contribution in [0, 0.1) is 6.92 Å². The van der Waals surface area contributed by atoms with Gasteiger partial charge in [0.1, 0.15) is 0 Å². The van der Waals surface area contributed by atoms with Gasteiger partial charge in [0.2, 0.25) is 10.0 Å². The average molecular weight is 315 g/mol. The Morgan fingerprint density at radius 1 is 1.33 bits per heavy atom. The minimum absolute atomic E-state index is 0.00564. The lowest BCUT2D eigenvalue weighted by atomic mass is 10.1. The molecule has 0 aromatic heterocycles. The van der Waals surface area contributed by atoms with Gasteiger partial charge in [-0.3, -0.25) is 9.52 Å². The number of benzene rings is 1. The van der Waals surface area contributed by atoms with E-state index < -0.39 is 22.0 Å². The minimum atomic E-state index is -3.64. The normalized spacial score (nSPS) is 11.0. The highest BCUT2D eigenvalue weighted by molar-refractivity contribution is 7.92.